The van der Waals surface area contributed by atoms with Crippen LogP contribution in [0.15, 0.2) is 29.8 Å². The van der Waals surface area contributed by atoms with Crippen molar-refractivity contribution < 1.29 is 22.3 Å². The number of aromatic amines is 1. The molecular weight excluding hydrogens is 473 g/mol. The third-order valence-electron chi connectivity index (χ3n) is 5.92. The van der Waals surface area contributed by atoms with Gasteiger partial charge in [0.2, 0.25) is 15.9 Å². The van der Waals surface area contributed by atoms with Crippen LogP contribution < -0.4 is 5.32 Å². The molecule has 2 aromatic rings. The molecular formula is C21H25ClFN5O4S. The van der Waals surface area contributed by atoms with Crippen molar-refractivity contribution in [1.29, 1.82) is 0 Å². The molecule has 178 valence electrons. The number of rotatable bonds is 7. The fraction of sp³-hybridized carbons (Fsp3) is 0.476. The van der Waals surface area contributed by atoms with Crippen molar-refractivity contribution >= 4 is 27.5 Å². The third kappa shape index (κ3) is 5.60. The van der Waals surface area contributed by atoms with E-state index in [0.717, 1.165) is 17.7 Å². The molecule has 33 heavy (non-hydrogen) atoms. The second kappa shape index (κ2) is 9.88. The molecule has 1 amide bonds. The van der Waals surface area contributed by atoms with Gasteiger partial charge in [-0.1, -0.05) is 18.5 Å². The summed E-state index contributed by atoms with van der Waals surface area (Å²) < 4.78 is 45.0. The maximum Gasteiger partial charge on any atom is 0.244 e. The van der Waals surface area contributed by atoms with E-state index in [0.29, 0.717) is 43.4 Å². The van der Waals surface area contributed by atoms with Gasteiger partial charge in [-0.05, 0) is 24.5 Å². The summed E-state index contributed by atoms with van der Waals surface area (Å²) in [6.45, 7) is 4.18. The van der Waals surface area contributed by atoms with Crippen LogP contribution in [0.3, 0.4) is 0 Å². The predicted molar refractivity (Wildman–Crippen MR) is 120 cm³/mol. The molecule has 2 N–H and O–H groups in total. The van der Waals surface area contributed by atoms with Gasteiger partial charge >= 0.3 is 0 Å². The first kappa shape index (κ1) is 23.8. The van der Waals surface area contributed by atoms with E-state index in [-0.39, 0.29) is 36.0 Å². The second-order valence-corrected chi connectivity index (χ2v) is 10.6. The highest BCUT2D eigenvalue weighted by molar-refractivity contribution is 7.92. The van der Waals surface area contributed by atoms with Gasteiger partial charge in [0.1, 0.15) is 11.5 Å². The summed E-state index contributed by atoms with van der Waals surface area (Å²) in [5, 5.41) is 3.92. The smallest absolute Gasteiger partial charge is 0.244 e. The van der Waals surface area contributed by atoms with Crippen LogP contribution in [0.4, 0.5) is 4.39 Å². The summed E-state index contributed by atoms with van der Waals surface area (Å²) in [5.41, 5.74) is 1.17. The van der Waals surface area contributed by atoms with E-state index in [9.17, 15) is 17.6 Å². The molecule has 2 atom stereocenters. The van der Waals surface area contributed by atoms with Gasteiger partial charge in [-0.25, -0.2) is 22.8 Å². The molecule has 0 bridgehead atoms. The van der Waals surface area contributed by atoms with Crippen LogP contribution in [0.1, 0.15) is 25.0 Å². The third-order valence-corrected chi connectivity index (χ3v) is 7.74. The zero-order chi connectivity index (χ0) is 23.6. The average Bonchev–Trinajstić information content (AvgIpc) is 3.13. The Hall–Kier alpha value is -2.34. The Morgan fingerprint density at radius 2 is 2.21 bits per heavy atom. The lowest BCUT2D eigenvalue weighted by Crippen LogP contribution is -2.41. The molecule has 0 aromatic carbocycles. The summed E-state index contributed by atoms with van der Waals surface area (Å²) in [5.74, 6) is -0.269. The van der Waals surface area contributed by atoms with Crippen LogP contribution in [-0.2, 0) is 19.6 Å². The number of pyridine rings is 1. The molecule has 0 aliphatic carbocycles. The van der Waals surface area contributed by atoms with Crippen LogP contribution in [0, 0.1) is 17.7 Å². The number of hydrogen-bond donors (Lipinski definition) is 2. The number of nitrogens with one attached hydrogen (secondary N) is 2. The Labute approximate surface area is 196 Å². The van der Waals surface area contributed by atoms with Gasteiger partial charge in [-0.3, -0.25) is 4.79 Å². The zero-order valence-electron chi connectivity index (χ0n) is 18.0. The van der Waals surface area contributed by atoms with Crippen molar-refractivity contribution in [2.24, 2.45) is 11.8 Å². The van der Waals surface area contributed by atoms with Gasteiger partial charge in [0, 0.05) is 37.5 Å². The summed E-state index contributed by atoms with van der Waals surface area (Å²) >= 11 is 6.36. The number of carbonyl (C=O) groups excluding carboxylic acids is 1. The number of piperidine rings is 1. The quantitative estimate of drug-likeness (QED) is 0.567. The molecule has 4 heterocycles. The minimum atomic E-state index is -3.74. The number of ether oxygens (including phenoxy) is 1. The molecule has 4 rings (SSSR count). The number of imidazole rings is 1. The first-order valence-electron chi connectivity index (χ1n) is 10.6. The topological polar surface area (TPSA) is 117 Å². The Bertz CT molecular complexity index is 1130. The molecule has 0 saturated carbocycles. The van der Waals surface area contributed by atoms with E-state index < -0.39 is 21.7 Å². The number of halogens is 2. The van der Waals surface area contributed by atoms with Crippen molar-refractivity contribution in [1.82, 2.24) is 24.6 Å². The molecule has 0 unspecified atom stereocenters. The van der Waals surface area contributed by atoms with Crippen molar-refractivity contribution in [3.05, 3.63) is 46.5 Å². The number of amides is 1. The number of nitrogens with zero attached hydrogens (tertiary/aromatic N) is 3. The Balaban J connectivity index is 1.38. The number of H-pyrrole nitrogens is 1. The summed E-state index contributed by atoms with van der Waals surface area (Å²) in [4.78, 5) is 23.4. The molecule has 12 heteroatoms. The van der Waals surface area contributed by atoms with Gasteiger partial charge in [-0.15, -0.1) is 0 Å². The largest absolute Gasteiger partial charge is 0.381 e. The molecule has 2 aliphatic heterocycles. The Morgan fingerprint density at radius 3 is 2.85 bits per heavy atom. The summed E-state index contributed by atoms with van der Waals surface area (Å²) in [6, 6.07) is 2.80. The standard InChI is InChI=1S/C21H25ClFN5O4S/c1-13-10-28(33(30,31)7-5-18(29)25-8-14-11-32-12-14)6-4-16(13)19-20(22)27-21(26-19)17-3-2-15(23)9-24-17/h2-3,5,7,9,13-14,16H,4,6,8,10-12H2,1H3,(H,25,29)(H,26,27)/t13-,16+/m0/s1. The van der Waals surface area contributed by atoms with E-state index in [4.69, 9.17) is 16.3 Å². The Kier molecular flexibility index (Phi) is 7.13. The molecule has 2 aliphatic rings. The maximum atomic E-state index is 13.1. The number of hydrogen-bond acceptors (Lipinski definition) is 6. The molecule has 0 spiro atoms. The van der Waals surface area contributed by atoms with Crippen LogP contribution in [0.2, 0.25) is 5.15 Å². The fourth-order valence-corrected chi connectivity index (χ4v) is 5.50. The first-order chi connectivity index (χ1) is 15.7. The van der Waals surface area contributed by atoms with E-state index in [2.05, 4.69) is 20.3 Å². The monoisotopic (exact) mass is 497 g/mol. The van der Waals surface area contributed by atoms with Gasteiger partial charge in [0.25, 0.3) is 0 Å². The number of sulfonamides is 1. The molecule has 2 fully saturated rings. The van der Waals surface area contributed by atoms with Crippen LogP contribution in [0.5, 0.6) is 0 Å². The lowest BCUT2D eigenvalue weighted by Gasteiger charge is -2.35. The van der Waals surface area contributed by atoms with Crippen molar-refractivity contribution in [2.45, 2.75) is 19.3 Å². The van der Waals surface area contributed by atoms with Gasteiger partial charge in [0.15, 0.2) is 11.0 Å². The summed E-state index contributed by atoms with van der Waals surface area (Å²) in [7, 11) is -3.74. The number of aromatic nitrogens is 3. The molecule has 0 radical (unpaired) electrons. The van der Waals surface area contributed by atoms with Crippen molar-refractivity contribution in [2.75, 3.05) is 32.8 Å². The van der Waals surface area contributed by atoms with Crippen LogP contribution in [0.25, 0.3) is 11.5 Å². The number of carbonyl (C=O) groups is 1. The molecule has 2 saturated heterocycles. The predicted octanol–water partition coefficient (Wildman–Crippen LogP) is 2.30. The van der Waals surface area contributed by atoms with Crippen molar-refractivity contribution in [3.63, 3.8) is 0 Å². The maximum absolute atomic E-state index is 13.1. The fourth-order valence-electron chi connectivity index (χ4n) is 3.96. The van der Waals surface area contributed by atoms with E-state index in [1.807, 2.05) is 6.92 Å². The van der Waals surface area contributed by atoms with Crippen LogP contribution >= 0.6 is 11.6 Å². The first-order valence-corrected chi connectivity index (χ1v) is 12.5. The highest BCUT2D eigenvalue weighted by Gasteiger charge is 2.34. The highest BCUT2D eigenvalue weighted by atomic mass is 35.5. The zero-order valence-corrected chi connectivity index (χ0v) is 19.6. The lowest BCUT2D eigenvalue weighted by atomic mass is 9.86. The van der Waals surface area contributed by atoms with E-state index in [1.165, 1.54) is 16.4 Å². The SMILES string of the molecule is C[C@H]1CN(S(=O)(=O)C=CC(=O)NCC2COC2)CC[C@H]1c1[nH]c(-c2ccc(F)cn2)nc1Cl. The van der Waals surface area contributed by atoms with Gasteiger partial charge in [-0.2, -0.15) is 4.31 Å². The lowest BCUT2D eigenvalue weighted by molar-refractivity contribution is -0.117. The summed E-state index contributed by atoms with van der Waals surface area (Å²) in [6.07, 6.45) is 2.69. The molecule has 2 aromatic heterocycles. The van der Waals surface area contributed by atoms with Gasteiger partial charge in [0.05, 0.1) is 30.5 Å². The average molecular weight is 498 g/mol. The normalized spacial score (nSPS) is 22.4. The van der Waals surface area contributed by atoms with Crippen LogP contribution in [-0.4, -0.2) is 66.4 Å². The Morgan fingerprint density at radius 1 is 1.42 bits per heavy atom. The van der Waals surface area contributed by atoms with E-state index in [1.54, 1.807) is 0 Å². The molecule has 9 nitrogen and oxygen atoms in total. The minimum Gasteiger partial charge on any atom is -0.381 e. The van der Waals surface area contributed by atoms with E-state index >= 15 is 0 Å². The van der Waals surface area contributed by atoms with Crippen molar-refractivity contribution in [3.8, 4) is 11.5 Å². The minimum absolute atomic E-state index is 0.0392. The second-order valence-electron chi connectivity index (χ2n) is 8.38. The van der Waals surface area contributed by atoms with Gasteiger partial charge < -0.3 is 15.0 Å². The highest BCUT2D eigenvalue weighted by Crippen LogP contribution is 2.37.